The number of hydrogen-bond donors (Lipinski definition) is 0. The Balaban J connectivity index is 0.00000155. The number of anilines is 1. The van der Waals surface area contributed by atoms with Gasteiger partial charge < -0.3 is 9.32 Å². The van der Waals surface area contributed by atoms with Crippen LogP contribution in [0.2, 0.25) is 0 Å². The average Bonchev–Trinajstić information content (AvgIpc) is 3.49. The molecule has 0 aliphatic heterocycles. The topological polar surface area (TPSA) is 59.2 Å². The van der Waals surface area contributed by atoms with Crippen molar-refractivity contribution in [3.8, 4) is 0 Å². The summed E-state index contributed by atoms with van der Waals surface area (Å²) >= 11 is 3.44. The zero-order chi connectivity index (χ0) is 21.9. The largest absolute Gasteiger partial charge is 0.425 e. The van der Waals surface area contributed by atoms with Crippen LogP contribution in [0.3, 0.4) is 0 Å². The number of aryl methyl sites for hydroxylation is 1. The van der Waals surface area contributed by atoms with Crippen LogP contribution in [-0.2, 0) is 11.2 Å². The molecule has 1 aliphatic rings. The minimum Gasteiger partial charge on any atom is -0.425 e. The molecular formula is C23H29BrFN3O2. The molecule has 0 saturated heterocycles. The number of halogens is 2. The summed E-state index contributed by atoms with van der Waals surface area (Å²) in [6.45, 7) is 9.83. The van der Waals surface area contributed by atoms with E-state index in [9.17, 15) is 9.18 Å². The third kappa shape index (κ3) is 7.86. The Kier molecular flexibility index (Phi) is 9.94. The molecule has 3 rings (SSSR count). The number of carbonyl (C=O) groups is 1. The van der Waals surface area contributed by atoms with E-state index >= 15 is 0 Å². The SMILES string of the molecule is C=C.C=C(F)CCC(=O)N(CCCCCc1nnc(C2CC2)o1)c1cccc(Br)c1. The van der Waals surface area contributed by atoms with Crippen LogP contribution >= 0.6 is 15.9 Å². The molecule has 1 aliphatic carbocycles. The normalized spacial score (nSPS) is 12.7. The van der Waals surface area contributed by atoms with Crippen molar-refractivity contribution in [1.82, 2.24) is 10.2 Å². The fourth-order valence-corrected chi connectivity index (χ4v) is 3.39. The predicted octanol–water partition coefficient (Wildman–Crippen LogP) is 6.52. The van der Waals surface area contributed by atoms with Crippen LogP contribution < -0.4 is 4.90 Å². The summed E-state index contributed by atoms with van der Waals surface area (Å²) in [6, 6.07) is 7.60. The van der Waals surface area contributed by atoms with E-state index in [0.717, 1.165) is 54.6 Å². The second-order valence-corrected chi connectivity index (χ2v) is 8.08. The lowest BCUT2D eigenvalue weighted by molar-refractivity contribution is -0.118. The van der Waals surface area contributed by atoms with Crippen LogP contribution in [0.25, 0.3) is 0 Å². The van der Waals surface area contributed by atoms with Gasteiger partial charge in [0.2, 0.25) is 17.7 Å². The Morgan fingerprint density at radius 3 is 2.63 bits per heavy atom. The first-order chi connectivity index (χ1) is 14.5. The summed E-state index contributed by atoms with van der Waals surface area (Å²) < 4.78 is 19.5. The molecule has 0 atom stereocenters. The Morgan fingerprint density at radius 1 is 1.20 bits per heavy atom. The molecule has 1 saturated carbocycles. The number of aromatic nitrogens is 2. The molecular weight excluding hydrogens is 449 g/mol. The highest BCUT2D eigenvalue weighted by Crippen LogP contribution is 2.39. The van der Waals surface area contributed by atoms with Crippen molar-refractivity contribution in [1.29, 1.82) is 0 Å². The van der Waals surface area contributed by atoms with Crippen molar-refractivity contribution in [2.24, 2.45) is 0 Å². The number of unbranched alkanes of at least 4 members (excludes halogenated alkanes) is 2. The van der Waals surface area contributed by atoms with Crippen molar-refractivity contribution in [3.05, 3.63) is 66.1 Å². The summed E-state index contributed by atoms with van der Waals surface area (Å²) in [5, 5.41) is 8.21. The van der Waals surface area contributed by atoms with Crippen LogP contribution in [0.4, 0.5) is 10.1 Å². The van der Waals surface area contributed by atoms with Crippen molar-refractivity contribution in [2.45, 2.75) is 57.3 Å². The van der Waals surface area contributed by atoms with Gasteiger partial charge in [0, 0.05) is 41.9 Å². The third-order valence-electron chi connectivity index (χ3n) is 4.71. The fraction of sp³-hybridized carbons (Fsp3) is 0.435. The number of carbonyl (C=O) groups excluding carboxylic acids is 1. The molecule has 0 N–H and O–H groups in total. The lowest BCUT2D eigenvalue weighted by atomic mass is 10.1. The monoisotopic (exact) mass is 477 g/mol. The highest BCUT2D eigenvalue weighted by atomic mass is 79.9. The maximum absolute atomic E-state index is 13.0. The Labute approximate surface area is 186 Å². The van der Waals surface area contributed by atoms with E-state index in [0.29, 0.717) is 18.4 Å². The Hall–Kier alpha value is -2.28. The predicted molar refractivity (Wildman–Crippen MR) is 121 cm³/mol. The van der Waals surface area contributed by atoms with E-state index in [1.165, 1.54) is 0 Å². The summed E-state index contributed by atoms with van der Waals surface area (Å²) in [5.41, 5.74) is 0.815. The van der Waals surface area contributed by atoms with Gasteiger partial charge in [-0.1, -0.05) is 35.0 Å². The maximum Gasteiger partial charge on any atom is 0.227 e. The first kappa shape index (κ1) is 24.0. The Morgan fingerprint density at radius 2 is 1.97 bits per heavy atom. The van der Waals surface area contributed by atoms with E-state index in [1.807, 2.05) is 24.3 Å². The van der Waals surface area contributed by atoms with Gasteiger partial charge in [0.25, 0.3) is 0 Å². The Bertz CT molecular complexity index is 835. The molecule has 162 valence electrons. The van der Waals surface area contributed by atoms with E-state index in [4.69, 9.17) is 4.42 Å². The van der Waals surface area contributed by atoms with Crippen LogP contribution in [-0.4, -0.2) is 22.6 Å². The molecule has 1 fully saturated rings. The molecule has 5 nitrogen and oxygen atoms in total. The summed E-state index contributed by atoms with van der Waals surface area (Å²) in [6.07, 6.45) is 5.94. The first-order valence-electron chi connectivity index (χ1n) is 10.2. The van der Waals surface area contributed by atoms with Crippen molar-refractivity contribution < 1.29 is 13.6 Å². The maximum atomic E-state index is 13.0. The quantitative estimate of drug-likeness (QED) is 0.273. The van der Waals surface area contributed by atoms with Gasteiger partial charge in [0.15, 0.2) is 0 Å². The zero-order valence-corrected chi connectivity index (χ0v) is 18.9. The number of benzene rings is 1. The molecule has 0 radical (unpaired) electrons. The van der Waals surface area contributed by atoms with Crippen molar-refractivity contribution in [2.75, 3.05) is 11.4 Å². The molecule has 2 aromatic rings. The second-order valence-electron chi connectivity index (χ2n) is 7.16. The standard InChI is InChI=1S/C21H25BrFN3O2.C2H4/c1-15(23)9-12-20(27)26(18-7-5-6-17(22)14-18)13-4-2-3-8-19-24-25-21(28-19)16-10-11-16;1-2/h5-7,14,16H,1-4,8-13H2;1-2H2. The summed E-state index contributed by atoms with van der Waals surface area (Å²) in [7, 11) is 0. The van der Waals surface area contributed by atoms with Crippen LogP contribution in [0, 0.1) is 0 Å². The van der Waals surface area contributed by atoms with Gasteiger partial charge in [-0.25, -0.2) is 4.39 Å². The van der Waals surface area contributed by atoms with Gasteiger partial charge in [0.1, 0.15) is 0 Å². The lowest BCUT2D eigenvalue weighted by Gasteiger charge is -2.23. The molecule has 1 aromatic carbocycles. The van der Waals surface area contributed by atoms with E-state index in [2.05, 4.69) is 45.9 Å². The second kappa shape index (κ2) is 12.4. The van der Waals surface area contributed by atoms with E-state index in [-0.39, 0.29) is 18.7 Å². The number of amides is 1. The molecule has 0 spiro atoms. The minimum absolute atomic E-state index is 0.0594. The number of rotatable bonds is 11. The van der Waals surface area contributed by atoms with Crippen molar-refractivity contribution in [3.63, 3.8) is 0 Å². The third-order valence-corrected chi connectivity index (χ3v) is 5.21. The summed E-state index contributed by atoms with van der Waals surface area (Å²) in [4.78, 5) is 14.3. The first-order valence-corrected chi connectivity index (χ1v) is 11.0. The highest BCUT2D eigenvalue weighted by Gasteiger charge is 2.29. The number of nitrogens with zero attached hydrogens (tertiary/aromatic N) is 3. The minimum atomic E-state index is -0.465. The number of allylic oxidation sites excluding steroid dienone is 1. The lowest BCUT2D eigenvalue weighted by Crippen LogP contribution is -2.31. The van der Waals surface area contributed by atoms with Gasteiger partial charge in [-0.2, -0.15) is 0 Å². The van der Waals surface area contributed by atoms with Gasteiger partial charge in [-0.15, -0.1) is 23.4 Å². The van der Waals surface area contributed by atoms with Gasteiger partial charge >= 0.3 is 0 Å². The van der Waals surface area contributed by atoms with Gasteiger partial charge in [-0.05, 0) is 43.9 Å². The van der Waals surface area contributed by atoms with Crippen LogP contribution in [0.1, 0.15) is 62.6 Å². The van der Waals surface area contributed by atoms with E-state index in [1.54, 1.807) is 4.90 Å². The summed E-state index contributed by atoms with van der Waals surface area (Å²) in [5.74, 6) is 1.39. The molecule has 0 unspecified atom stereocenters. The fourth-order valence-electron chi connectivity index (χ4n) is 3.01. The smallest absolute Gasteiger partial charge is 0.227 e. The average molecular weight is 478 g/mol. The molecule has 1 amide bonds. The highest BCUT2D eigenvalue weighted by molar-refractivity contribution is 9.10. The molecule has 30 heavy (non-hydrogen) atoms. The van der Waals surface area contributed by atoms with Crippen molar-refractivity contribution >= 4 is 27.5 Å². The molecule has 7 heteroatoms. The zero-order valence-electron chi connectivity index (χ0n) is 17.3. The molecule has 1 heterocycles. The molecule has 0 bridgehead atoms. The van der Waals surface area contributed by atoms with Gasteiger partial charge in [0.05, 0.1) is 5.83 Å². The van der Waals surface area contributed by atoms with Gasteiger partial charge in [-0.3, -0.25) is 4.79 Å². The number of hydrogen-bond acceptors (Lipinski definition) is 4. The van der Waals surface area contributed by atoms with Crippen LogP contribution in [0.5, 0.6) is 0 Å². The molecule has 1 aromatic heterocycles. The van der Waals surface area contributed by atoms with E-state index < -0.39 is 5.83 Å². The van der Waals surface area contributed by atoms with Crippen LogP contribution in [0.15, 0.2) is 58.7 Å².